The second-order valence-corrected chi connectivity index (χ2v) is 14.1. The number of hydrogen-bond acceptors (Lipinski definition) is 6. The number of nitrogens with zero attached hydrogens (tertiary/aromatic N) is 5. The molecule has 8 heteroatoms. The molecule has 0 spiro atoms. The van der Waals surface area contributed by atoms with Crippen LogP contribution in [0.25, 0.3) is 28.9 Å². The van der Waals surface area contributed by atoms with Crippen LogP contribution in [0.2, 0.25) is 0 Å². The fourth-order valence-electron chi connectivity index (χ4n) is 8.26. The predicted molar refractivity (Wildman–Crippen MR) is 175 cm³/mol. The molecule has 3 heterocycles. The van der Waals surface area contributed by atoms with Crippen molar-refractivity contribution in [3.8, 4) is 11.4 Å². The first-order valence-electron chi connectivity index (χ1n) is 16.0. The number of para-hydroxylation sites is 1. The van der Waals surface area contributed by atoms with Gasteiger partial charge in [-0.2, -0.15) is 14.6 Å². The third-order valence-corrected chi connectivity index (χ3v) is 10.8. The number of hydrogen-bond donors (Lipinski definition) is 0. The summed E-state index contributed by atoms with van der Waals surface area (Å²) in [6, 6.07) is 18.3. The SMILES string of the molecule is CCCCOc1ccc(/C=C/c2nc3s/c(=C\c4cn(-c5ccccc5)nc4C45CC6CC(CC(C6)C4)C5)c(=O)n3n2)cc1. The van der Waals surface area contributed by atoms with Gasteiger partial charge in [0.1, 0.15) is 5.75 Å². The lowest BCUT2D eigenvalue weighted by atomic mass is 9.48. The molecule has 2 aromatic carbocycles. The van der Waals surface area contributed by atoms with Crippen molar-refractivity contribution in [2.75, 3.05) is 6.61 Å². The first kappa shape index (κ1) is 27.5. The molecule has 4 saturated carbocycles. The molecular weight excluding hydrogens is 566 g/mol. The topological polar surface area (TPSA) is 74.3 Å². The van der Waals surface area contributed by atoms with Gasteiger partial charge in [-0.25, -0.2) is 4.68 Å². The maximum atomic E-state index is 13.6. The van der Waals surface area contributed by atoms with Crippen molar-refractivity contribution in [3.63, 3.8) is 0 Å². The van der Waals surface area contributed by atoms with Crippen LogP contribution in [0, 0.1) is 17.8 Å². The van der Waals surface area contributed by atoms with Crippen LogP contribution in [0.1, 0.15) is 80.9 Å². The van der Waals surface area contributed by atoms with Crippen molar-refractivity contribution >= 4 is 34.5 Å². The van der Waals surface area contributed by atoms with Crippen molar-refractivity contribution in [2.24, 2.45) is 17.8 Å². The third kappa shape index (κ3) is 5.09. The lowest BCUT2D eigenvalue weighted by Gasteiger charge is -2.56. The Kier molecular flexibility index (Phi) is 6.97. The summed E-state index contributed by atoms with van der Waals surface area (Å²) in [6.07, 6.45) is 17.9. The van der Waals surface area contributed by atoms with Gasteiger partial charge in [0.15, 0.2) is 5.82 Å². The van der Waals surface area contributed by atoms with Crippen LogP contribution in [0.4, 0.5) is 0 Å². The lowest BCUT2D eigenvalue weighted by Crippen LogP contribution is -2.49. The van der Waals surface area contributed by atoms with Gasteiger partial charge in [0.05, 0.1) is 22.5 Å². The fraction of sp³-hybridized carbons (Fsp3) is 0.389. The van der Waals surface area contributed by atoms with E-state index in [1.165, 1.54) is 60.1 Å². The summed E-state index contributed by atoms with van der Waals surface area (Å²) in [4.78, 5) is 18.8. The number of fused-ring (bicyclic) bond motifs is 1. The van der Waals surface area contributed by atoms with Crippen LogP contribution in [-0.4, -0.2) is 31.0 Å². The van der Waals surface area contributed by atoms with Gasteiger partial charge >= 0.3 is 0 Å². The van der Waals surface area contributed by atoms with Gasteiger partial charge in [-0.3, -0.25) is 4.79 Å². The van der Waals surface area contributed by atoms with E-state index >= 15 is 0 Å². The molecule has 0 saturated heterocycles. The van der Waals surface area contributed by atoms with E-state index in [0.29, 0.717) is 15.3 Å². The molecule has 0 atom stereocenters. The van der Waals surface area contributed by atoms with E-state index in [4.69, 9.17) is 9.84 Å². The minimum Gasteiger partial charge on any atom is -0.494 e. The largest absolute Gasteiger partial charge is 0.494 e. The second kappa shape index (κ2) is 11.1. The highest BCUT2D eigenvalue weighted by molar-refractivity contribution is 7.15. The zero-order valence-electron chi connectivity index (χ0n) is 25.1. The highest BCUT2D eigenvalue weighted by Crippen LogP contribution is 2.61. The van der Waals surface area contributed by atoms with Gasteiger partial charge in [-0.15, -0.1) is 5.10 Å². The van der Waals surface area contributed by atoms with Crippen molar-refractivity contribution in [3.05, 3.63) is 98.3 Å². The Morgan fingerprint density at radius 2 is 1.68 bits per heavy atom. The van der Waals surface area contributed by atoms with E-state index in [1.807, 2.05) is 65.4 Å². The van der Waals surface area contributed by atoms with Crippen molar-refractivity contribution in [1.29, 1.82) is 0 Å². The van der Waals surface area contributed by atoms with E-state index < -0.39 is 0 Å². The molecule has 0 aliphatic heterocycles. The van der Waals surface area contributed by atoms with Gasteiger partial charge < -0.3 is 4.74 Å². The lowest BCUT2D eigenvalue weighted by molar-refractivity contribution is -0.00743. The third-order valence-electron chi connectivity index (χ3n) is 9.86. The quantitative estimate of drug-likeness (QED) is 0.175. The van der Waals surface area contributed by atoms with Gasteiger partial charge in [0.25, 0.3) is 5.56 Å². The molecule has 9 rings (SSSR count). The van der Waals surface area contributed by atoms with Crippen molar-refractivity contribution in [2.45, 2.75) is 63.7 Å². The number of rotatable bonds is 9. The number of ether oxygens (including phenoxy) is 1. The van der Waals surface area contributed by atoms with Gasteiger partial charge in [0.2, 0.25) is 4.96 Å². The molecule has 0 amide bonds. The Balaban J connectivity index is 1.11. The fourth-order valence-corrected chi connectivity index (χ4v) is 9.17. The Bertz CT molecular complexity index is 1900. The standard InChI is InChI=1S/C36H37N5O2S/c1-2-3-15-43-30-12-9-24(10-13-30)11-14-32-37-35-41(38-32)34(42)31(44-35)19-28-23-40(29-7-5-4-6-8-29)39-33(28)36-20-25-16-26(21-36)18-27(17-25)22-36/h4-14,19,23,25-27H,2-3,15-18,20-22H2,1H3/b14-11+,31-19-. The Morgan fingerprint density at radius 1 is 0.955 bits per heavy atom. The van der Waals surface area contributed by atoms with E-state index in [2.05, 4.69) is 35.3 Å². The normalized spacial score (nSPS) is 24.7. The molecule has 4 aliphatic carbocycles. The average Bonchev–Trinajstić information content (AvgIpc) is 3.72. The minimum absolute atomic E-state index is 0.108. The molecule has 4 aliphatic rings. The Labute approximate surface area is 260 Å². The Morgan fingerprint density at radius 3 is 2.36 bits per heavy atom. The van der Waals surface area contributed by atoms with Crippen LogP contribution >= 0.6 is 11.3 Å². The summed E-state index contributed by atoms with van der Waals surface area (Å²) < 4.78 is 9.85. The average molecular weight is 604 g/mol. The first-order valence-corrected chi connectivity index (χ1v) is 16.8. The monoisotopic (exact) mass is 603 g/mol. The minimum atomic E-state index is -0.130. The first-order chi connectivity index (χ1) is 21.5. The van der Waals surface area contributed by atoms with Crippen LogP contribution in [-0.2, 0) is 5.41 Å². The summed E-state index contributed by atoms with van der Waals surface area (Å²) in [5.41, 5.74) is 4.27. The molecule has 5 aromatic rings. The molecule has 0 unspecified atom stereocenters. The van der Waals surface area contributed by atoms with Gasteiger partial charge in [-0.1, -0.05) is 61.1 Å². The van der Waals surface area contributed by atoms with Crippen LogP contribution in [0.5, 0.6) is 5.75 Å². The van der Waals surface area contributed by atoms with Crippen LogP contribution in [0.15, 0.2) is 65.6 Å². The summed E-state index contributed by atoms with van der Waals surface area (Å²) in [7, 11) is 0. The van der Waals surface area contributed by atoms with E-state index in [-0.39, 0.29) is 11.0 Å². The second-order valence-electron chi connectivity index (χ2n) is 13.1. The summed E-state index contributed by atoms with van der Waals surface area (Å²) in [6.45, 7) is 2.89. The Hall–Kier alpha value is -4.04. The maximum absolute atomic E-state index is 13.6. The number of aromatic nitrogens is 5. The molecule has 4 fully saturated rings. The molecule has 4 bridgehead atoms. The maximum Gasteiger partial charge on any atom is 0.291 e. The molecule has 0 radical (unpaired) electrons. The van der Waals surface area contributed by atoms with Crippen LogP contribution in [0.3, 0.4) is 0 Å². The molecule has 3 aromatic heterocycles. The molecular formula is C36H37N5O2S. The van der Waals surface area contributed by atoms with Crippen molar-refractivity contribution < 1.29 is 4.74 Å². The number of benzene rings is 2. The van der Waals surface area contributed by atoms with E-state index in [1.54, 1.807) is 0 Å². The highest BCUT2D eigenvalue weighted by atomic mass is 32.1. The van der Waals surface area contributed by atoms with Gasteiger partial charge in [-0.05, 0) is 105 Å². The highest BCUT2D eigenvalue weighted by Gasteiger charge is 2.53. The van der Waals surface area contributed by atoms with E-state index in [0.717, 1.165) is 59.8 Å². The predicted octanol–water partition coefficient (Wildman–Crippen LogP) is 6.70. The van der Waals surface area contributed by atoms with Crippen molar-refractivity contribution in [1.82, 2.24) is 24.4 Å². The van der Waals surface area contributed by atoms with Crippen LogP contribution < -0.4 is 14.8 Å². The summed E-state index contributed by atoms with van der Waals surface area (Å²) in [5.74, 6) is 3.82. The number of unbranched alkanes of at least 4 members (excludes halogenated alkanes) is 1. The molecule has 224 valence electrons. The molecule has 0 N–H and O–H groups in total. The molecule has 7 nitrogen and oxygen atoms in total. The summed E-state index contributed by atoms with van der Waals surface area (Å²) >= 11 is 1.40. The zero-order valence-corrected chi connectivity index (χ0v) is 25.9. The van der Waals surface area contributed by atoms with E-state index in [9.17, 15) is 4.79 Å². The number of thiazole rings is 1. The smallest absolute Gasteiger partial charge is 0.291 e. The summed E-state index contributed by atoms with van der Waals surface area (Å²) in [5, 5.41) is 9.80. The molecule has 44 heavy (non-hydrogen) atoms. The zero-order chi connectivity index (χ0) is 29.7. The van der Waals surface area contributed by atoms with Gasteiger partial charge in [0, 0.05) is 17.2 Å².